The number of amidine groups is 1. The molecule has 1 aromatic carbocycles. The zero-order chi connectivity index (χ0) is 14.3. The number of pyridine rings is 1. The molecular weight excluding hydrogens is 262 g/mol. The van der Waals surface area contributed by atoms with Gasteiger partial charge in [0.05, 0.1) is 0 Å². The molecule has 2 aliphatic rings. The number of hydrogen-bond acceptors (Lipinski definition) is 4. The second kappa shape index (κ2) is 4.58. The molecule has 2 N–H and O–H groups in total. The van der Waals surface area contributed by atoms with Crippen LogP contribution in [0.25, 0.3) is 11.1 Å². The number of aromatic nitrogens is 1. The molecule has 106 valence electrons. The van der Waals surface area contributed by atoms with Gasteiger partial charge in [-0.05, 0) is 35.6 Å². The van der Waals surface area contributed by atoms with Crippen LogP contribution in [0.2, 0.25) is 0 Å². The molecule has 0 unspecified atom stereocenters. The standard InChI is InChI=1S/C17H17N3O/c18-16-20-17(11-21-16)7-6-12-3-1-5-14(15(12)9-17)13-4-2-8-19-10-13/h1-5,8,10H,6-7,9,11H2,(H2,18,20)/t17-/m1/s1. The zero-order valence-corrected chi connectivity index (χ0v) is 11.7. The number of rotatable bonds is 1. The number of aliphatic imine (C=N–C) groups is 1. The van der Waals surface area contributed by atoms with Gasteiger partial charge in [-0.3, -0.25) is 4.98 Å². The first-order valence-electron chi connectivity index (χ1n) is 7.25. The summed E-state index contributed by atoms with van der Waals surface area (Å²) in [5.41, 5.74) is 10.7. The maximum Gasteiger partial charge on any atom is 0.282 e. The summed E-state index contributed by atoms with van der Waals surface area (Å²) in [4.78, 5) is 8.81. The Morgan fingerprint density at radius 1 is 1.19 bits per heavy atom. The number of benzene rings is 1. The number of nitrogens with zero attached hydrogens (tertiary/aromatic N) is 2. The van der Waals surface area contributed by atoms with E-state index in [1.165, 1.54) is 16.7 Å². The number of fused-ring (bicyclic) bond motifs is 1. The SMILES string of the molecule is NC1=N[C@@]2(CCc3cccc(-c4cccnc4)c3C2)CO1. The van der Waals surface area contributed by atoms with E-state index in [4.69, 9.17) is 10.5 Å². The lowest BCUT2D eigenvalue weighted by atomic mass is 9.76. The van der Waals surface area contributed by atoms with E-state index in [0.29, 0.717) is 12.6 Å². The minimum atomic E-state index is -0.171. The van der Waals surface area contributed by atoms with Crippen LogP contribution in [-0.4, -0.2) is 23.2 Å². The molecule has 0 bridgehead atoms. The van der Waals surface area contributed by atoms with Crippen molar-refractivity contribution in [3.8, 4) is 11.1 Å². The van der Waals surface area contributed by atoms with Crippen LogP contribution < -0.4 is 5.73 Å². The summed E-state index contributed by atoms with van der Waals surface area (Å²) in [6.45, 7) is 0.597. The van der Waals surface area contributed by atoms with Crippen molar-refractivity contribution in [3.63, 3.8) is 0 Å². The molecule has 1 spiro atoms. The topological polar surface area (TPSA) is 60.5 Å². The van der Waals surface area contributed by atoms with Crippen molar-refractivity contribution >= 4 is 6.02 Å². The molecule has 4 rings (SSSR count). The van der Waals surface area contributed by atoms with E-state index in [0.717, 1.165) is 24.8 Å². The summed E-state index contributed by atoms with van der Waals surface area (Å²) < 4.78 is 5.42. The lowest BCUT2D eigenvalue weighted by molar-refractivity contribution is 0.235. The third-order valence-electron chi connectivity index (χ3n) is 4.45. The number of ether oxygens (including phenoxy) is 1. The summed E-state index contributed by atoms with van der Waals surface area (Å²) in [6, 6.07) is 10.9. The highest BCUT2D eigenvalue weighted by Gasteiger charge is 2.40. The summed E-state index contributed by atoms with van der Waals surface area (Å²) in [7, 11) is 0. The molecule has 0 saturated carbocycles. The van der Waals surface area contributed by atoms with Gasteiger partial charge < -0.3 is 10.5 Å². The molecule has 4 nitrogen and oxygen atoms in total. The first-order chi connectivity index (χ1) is 10.3. The molecule has 0 amide bonds. The summed E-state index contributed by atoms with van der Waals surface area (Å²) in [6.07, 6.45) is 6.62. The lowest BCUT2D eigenvalue weighted by Gasteiger charge is -2.31. The van der Waals surface area contributed by atoms with Gasteiger partial charge in [0.2, 0.25) is 0 Å². The molecule has 2 aromatic rings. The number of hydrogen-bond donors (Lipinski definition) is 1. The van der Waals surface area contributed by atoms with E-state index in [-0.39, 0.29) is 5.54 Å². The lowest BCUT2D eigenvalue weighted by Crippen LogP contribution is -2.35. The molecule has 1 aromatic heterocycles. The molecule has 0 saturated heterocycles. The van der Waals surface area contributed by atoms with Crippen LogP contribution in [0.15, 0.2) is 47.7 Å². The largest absolute Gasteiger partial charge is 0.463 e. The second-order valence-corrected chi connectivity index (χ2v) is 5.82. The van der Waals surface area contributed by atoms with Crippen molar-refractivity contribution in [1.82, 2.24) is 4.98 Å². The second-order valence-electron chi connectivity index (χ2n) is 5.82. The van der Waals surface area contributed by atoms with E-state index in [9.17, 15) is 0 Å². The molecule has 1 aliphatic carbocycles. The highest BCUT2D eigenvalue weighted by atomic mass is 16.5. The molecule has 4 heteroatoms. The molecule has 1 atom stereocenters. The van der Waals surface area contributed by atoms with Gasteiger partial charge in [0.1, 0.15) is 12.1 Å². The summed E-state index contributed by atoms with van der Waals surface area (Å²) >= 11 is 0. The van der Waals surface area contributed by atoms with E-state index < -0.39 is 0 Å². The van der Waals surface area contributed by atoms with Gasteiger partial charge in [-0.2, -0.15) is 0 Å². The van der Waals surface area contributed by atoms with Gasteiger partial charge in [0.25, 0.3) is 6.02 Å². The fourth-order valence-electron chi connectivity index (χ4n) is 3.38. The predicted octanol–water partition coefficient (Wildman–Crippen LogP) is 2.32. The number of nitrogens with two attached hydrogens (primary N) is 1. The molecule has 0 fully saturated rings. The Hall–Kier alpha value is -2.36. The van der Waals surface area contributed by atoms with Crippen molar-refractivity contribution in [1.29, 1.82) is 0 Å². The Balaban J connectivity index is 1.80. The fraction of sp³-hybridized carbons (Fsp3) is 0.294. The van der Waals surface area contributed by atoms with Crippen LogP contribution in [0.1, 0.15) is 17.5 Å². The van der Waals surface area contributed by atoms with Crippen molar-refractivity contribution in [3.05, 3.63) is 53.9 Å². The van der Waals surface area contributed by atoms with Gasteiger partial charge in [-0.1, -0.05) is 24.3 Å². The average molecular weight is 279 g/mol. The highest BCUT2D eigenvalue weighted by molar-refractivity contribution is 5.74. The quantitative estimate of drug-likeness (QED) is 0.871. The number of aryl methyl sites for hydroxylation is 1. The zero-order valence-electron chi connectivity index (χ0n) is 11.7. The van der Waals surface area contributed by atoms with E-state index in [1.54, 1.807) is 6.20 Å². The third-order valence-corrected chi connectivity index (χ3v) is 4.45. The molecular formula is C17H17N3O. The molecule has 2 heterocycles. The maximum atomic E-state index is 5.73. The van der Waals surface area contributed by atoms with Gasteiger partial charge in [0, 0.05) is 24.4 Å². The van der Waals surface area contributed by atoms with Crippen LogP contribution in [0.5, 0.6) is 0 Å². The Morgan fingerprint density at radius 3 is 2.90 bits per heavy atom. The van der Waals surface area contributed by atoms with Gasteiger partial charge >= 0.3 is 0 Å². The normalized spacial score (nSPS) is 23.5. The highest BCUT2D eigenvalue weighted by Crippen LogP contribution is 2.38. The Labute approximate surface area is 123 Å². The van der Waals surface area contributed by atoms with Crippen LogP contribution in [0.3, 0.4) is 0 Å². The average Bonchev–Trinajstić information content (AvgIpc) is 2.88. The van der Waals surface area contributed by atoms with E-state index in [1.807, 2.05) is 12.3 Å². The summed E-state index contributed by atoms with van der Waals surface area (Å²) in [5, 5.41) is 0. The molecule has 21 heavy (non-hydrogen) atoms. The van der Waals surface area contributed by atoms with Crippen LogP contribution in [-0.2, 0) is 17.6 Å². The molecule has 0 radical (unpaired) electrons. The van der Waals surface area contributed by atoms with Crippen LogP contribution in [0, 0.1) is 0 Å². The third kappa shape index (κ3) is 2.07. The smallest absolute Gasteiger partial charge is 0.282 e. The fourth-order valence-corrected chi connectivity index (χ4v) is 3.38. The Morgan fingerprint density at radius 2 is 2.14 bits per heavy atom. The van der Waals surface area contributed by atoms with Crippen molar-refractivity contribution in [2.45, 2.75) is 24.8 Å². The maximum absolute atomic E-state index is 5.73. The molecule has 1 aliphatic heterocycles. The monoisotopic (exact) mass is 279 g/mol. The van der Waals surface area contributed by atoms with Crippen molar-refractivity contribution in [2.75, 3.05) is 6.61 Å². The van der Waals surface area contributed by atoms with Gasteiger partial charge in [0.15, 0.2) is 0 Å². The summed E-state index contributed by atoms with van der Waals surface area (Å²) in [5.74, 6) is 0. The predicted molar refractivity (Wildman–Crippen MR) is 82.0 cm³/mol. The van der Waals surface area contributed by atoms with Crippen LogP contribution >= 0.6 is 0 Å². The van der Waals surface area contributed by atoms with Crippen molar-refractivity contribution in [2.24, 2.45) is 10.7 Å². The Bertz CT molecular complexity index is 711. The van der Waals surface area contributed by atoms with E-state index in [2.05, 4.69) is 34.2 Å². The van der Waals surface area contributed by atoms with Crippen LogP contribution in [0.4, 0.5) is 0 Å². The first kappa shape index (κ1) is 12.4. The first-order valence-corrected chi connectivity index (χ1v) is 7.25. The Kier molecular flexibility index (Phi) is 2.70. The van der Waals surface area contributed by atoms with Crippen molar-refractivity contribution < 1.29 is 4.74 Å². The van der Waals surface area contributed by atoms with Gasteiger partial charge in [-0.25, -0.2) is 4.99 Å². The van der Waals surface area contributed by atoms with E-state index >= 15 is 0 Å². The minimum absolute atomic E-state index is 0.171. The van der Waals surface area contributed by atoms with Gasteiger partial charge in [-0.15, -0.1) is 0 Å². The minimum Gasteiger partial charge on any atom is -0.463 e.